The van der Waals surface area contributed by atoms with Gasteiger partial charge in [0.05, 0.1) is 0 Å². The van der Waals surface area contributed by atoms with Crippen LogP contribution in [0.4, 0.5) is 0 Å². The van der Waals surface area contributed by atoms with Crippen LogP contribution in [-0.4, -0.2) is 56.1 Å². The molecule has 0 aliphatic heterocycles. The van der Waals surface area contributed by atoms with Crippen molar-refractivity contribution in [3.63, 3.8) is 0 Å². The van der Waals surface area contributed by atoms with E-state index in [4.69, 9.17) is 5.73 Å². The van der Waals surface area contributed by atoms with Crippen molar-refractivity contribution in [3.05, 3.63) is 0 Å². The van der Waals surface area contributed by atoms with Gasteiger partial charge in [-0.25, -0.2) is 0 Å². The minimum Gasteiger partial charge on any atom is -0.324 e. The minimum absolute atomic E-state index is 0.168. The van der Waals surface area contributed by atoms with Gasteiger partial charge < -0.3 is 15.5 Å². The predicted molar refractivity (Wildman–Crippen MR) is 52.2 cm³/mol. The number of rotatable bonds is 5. The van der Waals surface area contributed by atoms with Crippen LogP contribution in [0.2, 0.25) is 0 Å². The van der Waals surface area contributed by atoms with E-state index in [-0.39, 0.29) is 5.54 Å². The monoisotopic (exact) mass is 171 g/mol. The lowest BCUT2D eigenvalue weighted by molar-refractivity contribution is 0.263. The van der Waals surface area contributed by atoms with Crippen molar-refractivity contribution in [3.8, 4) is 0 Å². The first-order valence-electron chi connectivity index (χ1n) is 4.64. The Hall–Kier alpha value is -0.120. The zero-order valence-electron chi connectivity index (χ0n) is 8.51. The van der Waals surface area contributed by atoms with Gasteiger partial charge in [0.1, 0.15) is 0 Å². The van der Waals surface area contributed by atoms with Crippen LogP contribution in [0.1, 0.15) is 12.8 Å². The Morgan fingerprint density at radius 3 is 2.17 bits per heavy atom. The van der Waals surface area contributed by atoms with Gasteiger partial charge in [-0.2, -0.15) is 0 Å². The highest BCUT2D eigenvalue weighted by molar-refractivity contribution is 5.00. The quantitative estimate of drug-likeness (QED) is 0.630. The van der Waals surface area contributed by atoms with Crippen LogP contribution in [0.3, 0.4) is 0 Å². The molecule has 0 bridgehead atoms. The molecule has 1 aliphatic rings. The highest BCUT2D eigenvalue weighted by atomic mass is 15.2. The highest BCUT2D eigenvalue weighted by Gasteiger charge is 2.38. The maximum absolute atomic E-state index is 6.00. The van der Waals surface area contributed by atoms with Crippen LogP contribution in [0.5, 0.6) is 0 Å². The molecule has 0 atom stereocenters. The van der Waals surface area contributed by atoms with E-state index >= 15 is 0 Å². The lowest BCUT2D eigenvalue weighted by atomic mass is 10.3. The molecule has 2 N–H and O–H groups in total. The molecule has 12 heavy (non-hydrogen) atoms. The molecule has 0 heterocycles. The third kappa shape index (κ3) is 3.52. The summed E-state index contributed by atoms with van der Waals surface area (Å²) in [6.45, 7) is 3.29. The minimum atomic E-state index is 0.168. The molecule has 1 rings (SSSR count). The average molecular weight is 171 g/mol. The van der Waals surface area contributed by atoms with Gasteiger partial charge in [0.2, 0.25) is 0 Å². The molecular formula is C9H21N3. The van der Waals surface area contributed by atoms with E-state index in [0.717, 1.165) is 19.6 Å². The highest BCUT2D eigenvalue weighted by Crippen LogP contribution is 2.32. The summed E-state index contributed by atoms with van der Waals surface area (Å²) in [5.41, 5.74) is 6.17. The van der Waals surface area contributed by atoms with E-state index in [1.165, 1.54) is 12.8 Å². The van der Waals surface area contributed by atoms with Crippen molar-refractivity contribution in [2.24, 2.45) is 5.73 Å². The van der Waals surface area contributed by atoms with Gasteiger partial charge in [0, 0.05) is 25.2 Å². The number of nitrogens with two attached hydrogens (primary N) is 1. The Labute approximate surface area is 75.5 Å². The van der Waals surface area contributed by atoms with Crippen LogP contribution in [0.25, 0.3) is 0 Å². The molecule has 0 saturated heterocycles. The summed E-state index contributed by atoms with van der Waals surface area (Å²) < 4.78 is 0. The van der Waals surface area contributed by atoms with Crippen LogP contribution < -0.4 is 5.73 Å². The van der Waals surface area contributed by atoms with Crippen molar-refractivity contribution in [2.45, 2.75) is 18.4 Å². The molecule has 1 fully saturated rings. The molecule has 3 heteroatoms. The van der Waals surface area contributed by atoms with Gasteiger partial charge in [-0.15, -0.1) is 0 Å². The van der Waals surface area contributed by atoms with Crippen molar-refractivity contribution in [1.82, 2.24) is 9.80 Å². The van der Waals surface area contributed by atoms with Gasteiger partial charge in [0.15, 0.2) is 0 Å². The fourth-order valence-corrected chi connectivity index (χ4v) is 1.31. The van der Waals surface area contributed by atoms with Gasteiger partial charge in [-0.1, -0.05) is 0 Å². The lowest BCUT2D eigenvalue weighted by Crippen LogP contribution is -2.39. The van der Waals surface area contributed by atoms with E-state index in [1.54, 1.807) is 0 Å². The first kappa shape index (κ1) is 9.96. The molecule has 0 radical (unpaired) electrons. The zero-order valence-corrected chi connectivity index (χ0v) is 8.51. The third-order valence-corrected chi connectivity index (χ3v) is 2.41. The van der Waals surface area contributed by atoms with Crippen LogP contribution in [0, 0.1) is 0 Å². The number of hydrogen-bond acceptors (Lipinski definition) is 3. The Morgan fingerprint density at radius 2 is 1.75 bits per heavy atom. The molecule has 1 aliphatic carbocycles. The zero-order chi connectivity index (χ0) is 9.19. The molecular weight excluding hydrogens is 150 g/mol. The number of likely N-dealkylation sites (N-methyl/N-ethyl adjacent to an activating group) is 2. The predicted octanol–water partition coefficient (Wildman–Crippen LogP) is -0.0289. The largest absolute Gasteiger partial charge is 0.324 e. The molecule has 3 nitrogen and oxygen atoms in total. The van der Waals surface area contributed by atoms with E-state index in [1.807, 2.05) is 0 Å². The van der Waals surface area contributed by atoms with Gasteiger partial charge in [-0.3, -0.25) is 0 Å². The second-order valence-electron chi connectivity index (χ2n) is 4.40. The van der Waals surface area contributed by atoms with Crippen molar-refractivity contribution < 1.29 is 0 Å². The van der Waals surface area contributed by atoms with Crippen LogP contribution >= 0.6 is 0 Å². The Kier molecular flexibility index (Phi) is 3.09. The van der Waals surface area contributed by atoms with Crippen LogP contribution in [-0.2, 0) is 0 Å². The fourth-order valence-electron chi connectivity index (χ4n) is 1.31. The Balaban J connectivity index is 2.07. The maximum Gasteiger partial charge on any atom is 0.0284 e. The summed E-state index contributed by atoms with van der Waals surface area (Å²) in [5.74, 6) is 0. The summed E-state index contributed by atoms with van der Waals surface area (Å²) in [5, 5.41) is 0. The molecule has 0 aromatic rings. The van der Waals surface area contributed by atoms with Gasteiger partial charge >= 0.3 is 0 Å². The summed E-state index contributed by atoms with van der Waals surface area (Å²) in [6, 6.07) is 0. The Bertz CT molecular complexity index is 141. The lowest BCUT2D eigenvalue weighted by Gasteiger charge is -2.22. The van der Waals surface area contributed by atoms with Crippen LogP contribution in [0.15, 0.2) is 0 Å². The average Bonchev–Trinajstić information content (AvgIpc) is 2.64. The molecule has 0 aromatic carbocycles. The molecule has 0 unspecified atom stereocenters. The fraction of sp³-hybridized carbons (Fsp3) is 1.00. The Morgan fingerprint density at radius 1 is 1.17 bits per heavy atom. The normalized spacial score (nSPS) is 20.5. The van der Waals surface area contributed by atoms with Crippen molar-refractivity contribution >= 4 is 0 Å². The standard InChI is InChI=1S/C9H21N3/c1-11(2)6-7-12(3)8-9(10)4-5-9/h4-8,10H2,1-3H3. The number of hydrogen-bond donors (Lipinski definition) is 1. The van der Waals surface area contributed by atoms with Gasteiger partial charge in [-0.05, 0) is 34.0 Å². The second-order valence-corrected chi connectivity index (χ2v) is 4.40. The topological polar surface area (TPSA) is 32.5 Å². The molecule has 0 spiro atoms. The summed E-state index contributed by atoms with van der Waals surface area (Å²) in [6.07, 6.45) is 2.42. The molecule has 72 valence electrons. The molecule has 1 saturated carbocycles. The van der Waals surface area contributed by atoms with Gasteiger partial charge in [0.25, 0.3) is 0 Å². The summed E-state index contributed by atoms with van der Waals surface area (Å²) in [7, 11) is 6.35. The van der Waals surface area contributed by atoms with E-state index in [0.29, 0.717) is 0 Å². The van der Waals surface area contributed by atoms with Crippen molar-refractivity contribution in [2.75, 3.05) is 40.8 Å². The summed E-state index contributed by atoms with van der Waals surface area (Å²) in [4.78, 5) is 4.53. The summed E-state index contributed by atoms with van der Waals surface area (Å²) >= 11 is 0. The maximum atomic E-state index is 6.00. The number of nitrogens with zero attached hydrogens (tertiary/aromatic N) is 2. The first-order valence-corrected chi connectivity index (χ1v) is 4.64. The third-order valence-electron chi connectivity index (χ3n) is 2.41. The van der Waals surface area contributed by atoms with E-state index in [2.05, 4.69) is 30.9 Å². The SMILES string of the molecule is CN(C)CCN(C)CC1(N)CC1. The van der Waals surface area contributed by atoms with E-state index < -0.39 is 0 Å². The molecule has 0 aromatic heterocycles. The molecule has 0 amide bonds. The smallest absolute Gasteiger partial charge is 0.0284 e. The first-order chi connectivity index (χ1) is 5.52. The second kappa shape index (κ2) is 3.73. The van der Waals surface area contributed by atoms with E-state index in [9.17, 15) is 0 Å². The van der Waals surface area contributed by atoms with Crippen molar-refractivity contribution in [1.29, 1.82) is 0 Å².